The van der Waals surface area contributed by atoms with E-state index in [0.717, 1.165) is 0 Å². The number of halogens is 2. The van der Waals surface area contributed by atoms with Crippen molar-refractivity contribution in [2.24, 2.45) is 0 Å². The predicted molar refractivity (Wildman–Crippen MR) is 78.7 cm³/mol. The summed E-state index contributed by atoms with van der Waals surface area (Å²) in [6.07, 6.45) is 0. The molecular formula is C14H17ClFN3O2. The molecule has 7 heteroatoms. The van der Waals surface area contributed by atoms with Gasteiger partial charge in [-0.3, -0.25) is 9.59 Å². The first-order valence-corrected chi connectivity index (χ1v) is 7.07. The third kappa shape index (κ3) is 4.07. The van der Waals surface area contributed by atoms with Crippen LogP contribution >= 0.6 is 11.6 Å². The van der Waals surface area contributed by atoms with Gasteiger partial charge in [0.2, 0.25) is 11.8 Å². The van der Waals surface area contributed by atoms with Gasteiger partial charge in [-0.2, -0.15) is 0 Å². The van der Waals surface area contributed by atoms with Crippen molar-refractivity contribution in [3.05, 3.63) is 29.0 Å². The van der Waals surface area contributed by atoms with Gasteiger partial charge in [0.15, 0.2) is 0 Å². The Balaban J connectivity index is 1.82. The van der Waals surface area contributed by atoms with Gasteiger partial charge >= 0.3 is 0 Å². The number of amides is 2. The Bertz CT molecular complexity index is 545. The zero-order chi connectivity index (χ0) is 15.4. The van der Waals surface area contributed by atoms with Crippen molar-refractivity contribution in [3.63, 3.8) is 0 Å². The van der Waals surface area contributed by atoms with Gasteiger partial charge in [0.25, 0.3) is 0 Å². The van der Waals surface area contributed by atoms with Crippen LogP contribution in [0.25, 0.3) is 0 Å². The minimum Gasteiger partial charge on any atom is -0.376 e. The first kappa shape index (κ1) is 15.6. The van der Waals surface area contributed by atoms with E-state index in [1.807, 2.05) is 0 Å². The molecule has 1 aliphatic heterocycles. The van der Waals surface area contributed by atoms with Gasteiger partial charge in [-0.25, -0.2) is 4.39 Å². The molecule has 1 aromatic carbocycles. The molecule has 0 saturated carbocycles. The summed E-state index contributed by atoms with van der Waals surface area (Å²) in [5, 5.41) is 2.94. The van der Waals surface area contributed by atoms with Crippen LogP contribution in [-0.2, 0) is 9.59 Å². The lowest BCUT2D eigenvalue weighted by atomic mass is 10.3. The monoisotopic (exact) mass is 313 g/mol. The fourth-order valence-electron chi connectivity index (χ4n) is 2.17. The van der Waals surface area contributed by atoms with E-state index in [1.165, 1.54) is 25.1 Å². The standard InChI is InChI=1S/C14H17ClFN3O2/c1-10(20)18-4-6-19(7-5-18)14(21)9-17-11-2-3-13(16)12(15)8-11/h2-3,8,17H,4-7,9H2,1H3. The molecule has 0 aliphatic carbocycles. The van der Waals surface area contributed by atoms with Crippen LogP contribution in [-0.4, -0.2) is 54.3 Å². The first-order chi connectivity index (χ1) is 9.97. The zero-order valence-electron chi connectivity index (χ0n) is 11.7. The maximum absolute atomic E-state index is 13.0. The largest absolute Gasteiger partial charge is 0.376 e. The molecule has 0 unspecified atom stereocenters. The third-order valence-corrected chi connectivity index (χ3v) is 3.73. The van der Waals surface area contributed by atoms with Crippen LogP contribution in [0, 0.1) is 5.82 Å². The first-order valence-electron chi connectivity index (χ1n) is 6.69. The molecule has 0 radical (unpaired) electrons. The Hall–Kier alpha value is -1.82. The average molecular weight is 314 g/mol. The Morgan fingerprint density at radius 3 is 2.43 bits per heavy atom. The summed E-state index contributed by atoms with van der Waals surface area (Å²) >= 11 is 5.68. The zero-order valence-corrected chi connectivity index (χ0v) is 12.5. The number of anilines is 1. The lowest BCUT2D eigenvalue weighted by Crippen LogP contribution is -2.51. The van der Waals surface area contributed by atoms with E-state index >= 15 is 0 Å². The molecule has 1 N–H and O–H groups in total. The number of hydrogen-bond acceptors (Lipinski definition) is 3. The van der Waals surface area contributed by atoms with Crippen LogP contribution < -0.4 is 5.32 Å². The summed E-state index contributed by atoms with van der Waals surface area (Å²) in [5.41, 5.74) is 0.595. The topological polar surface area (TPSA) is 52.7 Å². The predicted octanol–water partition coefficient (Wildman–Crippen LogP) is 1.58. The van der Waals surface area contributed by atoms with Gasteiger partial charge < -0.3 is 15.1 Å². The minimum absolute atomic E-state index is 0.0162. The van der Waals surface area contributed by atoms with E-state index in [2.05, 4.69) is 5.32 Å². The van der Waals surface area contributed by atoms with Crippen molar-refractivity contribution in [2.45, 2.75) is 6.92 Å². The summed E-state index contributed by atoms with van der Waals surface area (Å²) in [6, 6.07) is 4.22. The van der Waals surface area contributed by atoms with Crippen LogP contribution in [0.3, 0.4) is 0 Å². The summed E-state index contributed by atoms with van der Waals surface area (Å²) in [5.74, 6) is -0.520. The summed E-state index contributed by atoms with van der Waals surface area (Å²) in [7, 11) is 0. The molecule has 1 fully saturated rings. The van der Waals surface area contributed by atoms with Crippen molar-refractivity contribution in [2.75, 3.05) is 38.0 Å². The van der Waals surface area contributed by atoms with Crippen molar-refractivity contribution < 1.29 is 14.0 Å². The number of carbonyl (C=O) groups excluding carboxylic acids is 2. The van der Waals surface area contributed by atoms with Crippen LogP contribution in [0.15, 0.2) is 18.2 Å². The highest BCUT2D eigenvalue weighted by molar-refractivity contribution is 6.31. The van der Waals surface area contributed by atoms with Gasteiger partial charge in [0.05, 0.1) is 11.6 Å². The van der Waals surface area contributed by atoms with E-state index in [0.29, 0.717) is 31.9 Å². The van der Waals surface area contributed by atoms with Crippen LogP contribution in [0.2, 0.25) is 5.02 Å². The summed E-state index contributed by atoms with van der Waals surface area (Å²) < 4.78 is 13.0. The van der Waals surface area contributed by atoms with Gasteiger partial charge in [0, 0.05) is 38.8 Å². The van der Waals surface area contributed by atoms with Gasteiger partial charge in [-0.05, 0) is 18.2 Å². The second-order valence-electron chi connectivity index (χ2n) is 4.87. The van der Waals surface area contributed by atoms with Crippen molar-refractivity contribution in [1.29, 1.82) is 0 Å². The molecule has 2 amide bonds. The molecule has 1 saturated heterocycles. The molecule has 0 bridgehead atoms. The van der Waals surface area contributed by atoms with Crippen LogP contribution in [0.4, 0.5) is 10.1 Å². The molecule has 5 nitrogen and oxygen atoms in total. The number of rotatable bonds is 3. The number of hydrogen-bond donors (Lipinski definition) is 1. The Morgan fingerprint density at radius 2 is 1.86 bits per heavy atom. The van der Waals surface area contributed by atoms with Gasteiger partial charge in [0.1, 0.15) is 5.82 Å². The molecule has 1 aromatic rings. The molecule has 1 aliphatic rings. The van der Waals surface area contributed by atoms with E-state index in [-0.39, 0.29) is 23.4 Å². The molecule has 0 aromatic heterocycles. The highest BCUT2D eigenvalue weighted by Gasteiger charge is 2.21. The highest BCUT2D eigenvalue weighted by Crippen LogP contribution is 2.19. The number of nitrogens with one attached hydrogen (secondary N) is 1. The van der Waals surface area contributed by atoms with Crippen LogP contribution in [0.1, 0.15) is 6.92 Å². The lowest BCUT2D eigenvalue weighted by molar-refractivity contribution is -0.137. The number of carbonyl (C=O) groups is 2. The number of benzene rings is 1. The Kier molecular flexibility index (Phi) is 5.01. The highest BCUT2D eigenvalue weighted by atomic mass is 35.5. The summed E-state index contributed by atoms with van der Waals surface area (Å²) in [6.45, 7) is 3.82. The quantitative estimate of drug-likeness (QED) is 0.922. The van der Waals surface area contributed by atoms with E-state index < -0.39 is 5.82 Å². The smallest absolute Gasteiger partial charge is 0.241 e. The minimum atomic E-state index is -0.492. The third-order valence-electron chi connectivity index (χ3n) is 3.44. The second-order valence-corrected chi connectivity index (χ2v) is 5.28. The molecule has 21 heavy (non-hydrogen) atoms. The fraction of sp³-hybridized carbons (Fsp3) is 0.429. The summed E-state index contributed by atoms with van der Waals surface area (Å²) in [4.78, 5) is 26.7. The SMILES string of the molecule is CC(=O)N1CCN(C(=O)CNc2ccc(F)c(Cl)c2)CC1. The molecule has 0 spiro atoms. The van der Waals surface area contributed by atoms with Crippen molar-refractivity contribution in [1.82, 2.24) is 9.80 Å². The molecule has 2 rings (SSSR count). The van der Waals surface area contributed by atoms with Gasteiger partial charge in [-0.1, -0.05) is 11.6 Å². The second kappa shape index (κ2) is 6.76. The van der Waals surface area contributed by atoms with E-state index in [9.17, 15) is 14.0 Å². The van der Waals surface area contributed by atoms with Crippen molar-refractivity contribution in [3.8, 4) is 0 Å². The Labute approximate surface area is 127 Å². The average Bonchev–Trinajstić information content (AvgIpc) is 2.48. The maximum atomic E-state index is 13.0. The molecule has 0 atom stereocenters. The van der Waals surface area contributed by atoms with Gasteiger partial charge in [-0.15, -0.1) is 0 Å². The number of nitrogens with zero attached hydrogens (tertiary/aromatic N) is 2. The Morgan fingerprint density at radius 1 is 1.24 bits per heavy atom. The molecule has 1 heterocycles. The molecule has 114 valence electrons. The van der Waals surface area contributed by atoms with Crippen molar-refractivity contribution >= 4 is 29.1 Å². The fourth-order valence-corrected chi connectivity index (χ4v) is 2.35. The van der Waals surface area contributed by atoms with E-state index in [4.69, 9.17) is 11.6 Å². The number of piperazine rings is 1. The normalized spacial score (nSPS) is 15.0. The van der Waals surface area contributed by atoms with Crippen LogP contribution in [0.5, 0.6) is 0 Å². The molecular weight excluding hydrogens is 297 g/mol. The maximum Gasteiger partial charge on any atom is 0.241 e. The lowest BCUT2D eigenvalue weighted by Gasteiger charge is -2.34. The van der Waals surface area contributed by atoms with E-state index in [1.54, 1.807) is 9.80 Å².